The quantitative estimate of drug-likeness (QED) is 0.750. The van der Waals surface area contributed by atoms with Crippen LogP contribution in [0.15, 0.2) is 0 Å². The molecular weight excluding hydrogens is 204 g/mol. The molecule has 0 aromatic heterocycles. The van der Waals surface area contributed by atoms with Gasteiger partial charge in [-0.1, -0.05) is 19.3 Å². The van der Waals surface area contributed by atoms with Crippen LogP contribution < -0.4 is 11.1 Å². The minimum atomic E-state index is -0.286. The molecule has 0 spiro atoms. The lowest BCUT2D eigenvalue weighted by atomic mass is 9.94. The van der Waals surface area contributed by atoms with E-state index >= 15 is 0 Å². The lowest BCUT2D eigenvalue weighted by molar-refractivity contribution is -0.123. The van der Waals surface area contributed by atoms with Gasteiger partial charge < -0.3 is 15.8 Å². The van der Waals surface area contributed by atoms with Crippen LogP contribution in [-0.4, -0.2) is 30.7 Å². The van der Waals surface area contributed by atoms with Gasteiger partial charge in [-0.2, -0.15) is 0 Å². The standard InChI is InChI=1S/C12H22N2O2/c13-12(15)11(10-7-4-8-16-10)14-9-5-2-1-3-6-9/h9-11,14H,1-8H2,(H2,13,15). The Morgan fingerprint density at radius 1 is 1.19 bits per heavy atom. The molecule has 1 aliphatic carbocycles. The van der Waals surface area contributed by atoms with Gasteiger partial charge in [0.2, 0.25) is 5.91 Å². The zero-order chi connectivity index (χ0) is 11.4. The molecule has 16 heavy (non-hydrogen) atoms. The first-order valence-electron chi connectivity index (χ1n) is 6.44. The Bertz CT molecular complexity index is 233. The van der Waals surface area contributed by atoms with Crippen molar-refractivity contribution in [2.45, 2.75) is 63.1 Å². The zero-order valence-corrected chi connectivity index (χ0v) is 9.78. The third-order valence-corrected chi connectivity index (χ3v) is 3.66. The molecule has 2 aliphatic rings. The van der Waals surface area contributed by atoms with Crippen LogP contribution in [0.25, 0.3) is 0 Å². The molecule has 0 bridgehead atoms. The predicted molar refractivity (Wildman–Crippen MR) is 62.0 cm³/mol. The number of hydrogen-bond donors (Lipinski definition) is 2. The minimum Gasteiger partial charge on any atom is -0.376 e. The van der Waals surface area contributed by atoms with Crippen LogP contribution in [0.5, 0.6) is 0 Å². The van der Waals surface area contributed by atoms with Crippen LogP contribution in [-0.2, 0) is 9.53 Å². The molecule has 1 heterocycles. The van der Waals surface area contributed by atoms with Crippen LogP contribution in [0.3, 0.4) is 0 Å². The number of primary amides is 1. The lowest BCUT2D eigenvalue weighted by Gasteiger charge is -2.29. The van der Waals surface area contributed by atoms with Crippen molar-refractivity contribution in [3.8, 4) is 0 Å². The van der Waals surface area contributed by atoms with Gasteiger partial charge in [-0.25, -0.2) is 0 Å². The summed E-state index contributed by atoms with van der Waals surface area (Å²) in [5.74, 6) is -0.266. The predicted octanol–water partition coefficient (Wildman–Crippen LogP) is 0.942. The van der Waals surface area contributed by atoms with Crippen molar-refractivity contribution >= 4 is 5.91 Å². The summed E-state index contributed by atoms with van der Waals surface area (Å²) in [6.07, 6.45) is 8.16. The van der Waals surface area contributed by atoms with Crippen molar-refractivity contribution in [1.82, 2.24) is 5.32 Å². The van der Waals surface area contributed by atoms with Crippen LogP contribution in [0.4, 0.5) is 0 Å². The van der Waals surface area contributed by atoms with E-state index in [2.05, 4.69) is 5.32 Å². The Balaban J connectivity index is 1.88. The minimum absolute atomic E-state index is 0.000531. The van der Waals surface area contributed by atoms with Gasteiger partial charge in [0.1, 0.15) is 6.04 Å². The fraction of sp³-hybridized carbons (Fsp3) is 0.917. The first-order chi connectivity index (χ1) is 7.77. The van der Waals surface area contributed by atoms with Gasteiger partial charge in [0.15, 0.2) is 0 Å². The average Bonchev–Trinajstić information content (AvgIpc) is 2.80. The van der Waals surface area contributed by atoms with Gasteiger partial charge in [0, 0.05) is 12.6 Å². The maximum atomic E-state index is 11.4. The fourth-order valence-corrected chi connectivity index (χ4v) is 2.76. The molecule has 1 saturated carbocycles. The monoisotopic (exact) mass is 226 g/mol. The maximum Gasteiger partial charge on any atom is 0.237 e. The topological polar surface area (TPSA) is 64.4 Å². The van der Waals surface area contributed by atoms with E-state index in [1.807, 2.05) is 0 Å². The molecular formula is C12H22N2O2. The van der Waals surface area contributed by atoms with E-state index in [9.17, 15) is 4.79 Å². The Labute approximate surface area is 96.9 Å². The van der Waals surface area contributed by atoms with Crippen molar-refractivity contribution in [3.63, 3.8) is 0 Å². The summed E-state index contributed by atoms with van der Waals surface area (Å²) in [6, 6.07) is 0.168. The number of carbonyl (C=O) groups is 1. The highest BCUT2D eigenvalue weighted by molar-refractivity contribution is 5.80. The van der Waals surface area contributed by atoms with Crippen molar-refractivity contribution < 1.29 is 9.53 Å². The van der Waals surface area contributed by atoms with E-state index in [0.29, 0.717) is 6.04 Å². The maximum absolute atomic E-state index is 11.4. The van der Waals surface area contributed by atoms with E-state index < -0.39 is 0 Å². The van der Waals surface area contributed by atoms with E-state index in [1.165, 1.54) is 19.3 Å². The first-order valence-corrected chi connectivity index (χ1v) is 6.44. The molecule has 92 valence electrons. The number of nitrogens with one attached hydrogen (secondary N) is 1. The molecule has 2 atom stereocenters. The number of carbonyl (C=O) groups excluding carboxylic acids is 1. The molecule has 2 fully saturated rings. The number of hydrogen-bond acceptors (Lipinski definition) is 3. The van der Waals surface area contributed by atoms with E-state index in [1.54, 1.807) is 0 Å². The van der Waals surface area contributed by atoms with Crippen LogP contribution in [0, 0.1) is 0 Å². The van der Waals surface area contributed by atoms with E-state index in [-0.39, 0.29) is 18.1 Å². The molecule has 1 aliphatic heterocycles. The molecule has 0 aromatic carbocycles. The second-order valence-electron chi connectivity index (χ2n) is 4.93. The van der Waals surface area contributed by atoms with Crippen molar-refractivity contribution in [2.24, 2.45) is 5.73 Å². The van der Waals surface area contributed by atoms with Crippen molar-refractivity contribution in [2.75, 3.05) is 6.61 Å². The fourth-order valence-electron chi connectivity index (χ4n) is 2.76. The second-order valence-corrected chi connectivity index (χ2v) is 4.93. The number of amides is 1. The van der Waals surface area contributed by atoms with Gasteiger partial charge in [0.25, 0.3) is 0 Å². The smallest absolute Gasteiger partial charge is 0.237 e. The molecule has 2 rings (SSSR count). The molecule has 1 amide bonds. The van der Waals surface area contributed by atoms with Crippen LogP contribution >= 0.6 is 0 Å². The SMILES string of the molecule is NC(=O)C(NC1CCCCC1)C1CCCO1. The van der Waals surface area contributed by atoms with Crippen LogP contribution in [0.2, 0.25) is 0 Å². The van der Waals surface area contributed by atoms with Gasteiger partial charge in [-0.05, 0) is 25.7 Å². The zero-order valence-electron chi connectivity index (χ0n) is 9.78. The van der Waals surface area contributed by atoms with Gasteiger partial charge in [0.05, 0.1) is 6.10 Å². The average molecular weight is 226 g/mol. The molecule has 4 nitrogen and oxygen atoms in total. The van der Waals surface area contributed by atoms with Crippen molar-refractivity contribution in [3.05, 3.63) is 0 Å². The van der Waals surface area contributed by atoms with Crippen molar-refractivity contribution in [1.29, 1.82) is 0 Å². The third-order valence-electron chi connectivity index (χ3n) is 3.66. The van der Waals surface area contributed by atoms with Gasteiger partial charge in [-0.15, -0.1) is 0 Å². The summed E-state index contributed by atoms with van der Waals surface area (Å²) >= 11 is 0. The molecule has 2 unspecified atom stereocenters. The Hall–Kier alpha value is -0.610. The van der Waals surface area contributed by atoms with Gasteiger partial charge in [-0.3, -0.25) is 4.79 Å². The third kappa shape index (κ3) is 2.95. The largest absolute Gasteiger partial charge is 0.376 e. The molecule has 0 aromatic rings. The number of rotatable bonds is 4. The highest BCUT2D eigenvalue weighted by Gasteiger charge is 2.32. The van der Waals surface area contributed by atoms with E-state index in [4.69, 9.17) is 10.5 Å². The summed E-state index contributed by atoms with van der Waals surface area (Å²) < 4.78 is 5.55. The van der Waals surface area contributed by atoms with E-state index in [0.717, 1.165) is 32.3 Å². The summed E-state index contributed by atoms with van der Waals surface area (Å²) in [5, 5.41) is 3.40. The number of nitrogens with two attached hydrogens (primary N) is 1. The summed E-state index contributed by atoms with van der Waals surface area (Å²) in [7, 11) is 0. The first kappa shape index (κ1) is 11.9. The van der Waals surface area contributed by atoms with Gasteiger partial charge >= 0.3 is 0 Å². The summed E-state index contributed by atoms with van der Waals surface area (Å²) in [6.45, 7) is 0.765. The highest BCUT2D eigenvalue weighted by Crippen LogP contribution is 2.21. The normalized spacial score (nSPS) is 29.1. The Morgan fingerprint density at radius 2 is 1.94 bits per heavy atom. The number of ether oxygens (including phenoxy) is 1. The summed E-state index contributed by atoms with van der Waals surface area (Å²) in [5.41, 5.74) is 5.45. The Kier molecular flexibility index (Phi) is 4.18. The Morgan fingerprint density at radius 3 is 2.50 bits per heavy atom. The molecule has 1 saturated heterocycles. The molecule has 3 N–H and O–H groups in total. The summed E-state index contributed by atoms with van der Waals surface area (Å²) in [4.78, 5) is 11.4. The molecule has 4 heteroatoms. The highest BCUT2D eigenvalue weighted by atomic mass is 16.5. The second kappa shape index (κ2) is 5.64. The molecule has 0 radical (unpaired) electrons. The lowest BCUT2D eigenvalue weighted by Crippen LogP contribution is -2.53. The van der Waals surface area contributed by atoms with Crippen LogP contribution in [0.1, 0.15) is 44.9 Å².